The fourth-order valence-corrected chi connectivity index (χ4v) is 3.18. The zero-order valence-electron chi connectivity index (χ0n) is 12.7. The lowest BCUT2D eigenvalue weighted by Gasteiger charge is -2.21. The second kappa shape index (κ2) is 8.01. The summed E-state index contributed by atoms with van der Waals surface area (Å²) >= 11 is 3.56. The van der Waals surface area contributed by atoms with Crippen LogP contribution in [0, 0.1) is 0 Å². The van der Waals surface area contributed by atoms with E-state index in [4.69, 9.17) is 9.47 Å². The Morgan fingerprint density at radius 3 is 2.81 bits per heavy atom. The van der Waals surface area contributed by atoms with Gasteiger partial charge >= 0.3 is 0 Å². The van der Waals surface area contributed by atoms with Crippen molar-refractivity contribution in [3.05, 3.63) is 22.2 Å². The van der Waals surface area contributed by atoms with E-state index < -0.39 is 0 Å². The molecule has 1 fully saturated rings. The van der Waals surface area contributed by atoms with E-state index in [1.165, 1.54) is 0 Å². The third-order valence-electron chi connectivity index (χ3n) is 3.73. The Balaban J connectivity index is 2.13. The first kappa shape index (κ1) is 16.6. The second-order valence-electron chi connectivity index (χ2n) is 5.44. The average molecular weight is 358 g/mol. The molecule has 0 saturated heterocycles. The topological polar surface area (TPSA) is 50.7 Å². The molecule has 0 spiro atoms. The standard InChI is InChI=1S/C16H24BrNO3/c1-3-7-18-10-11-8-12(17)16(15(9-11)20-2)21-14-6-4-5-13(14)19/h8-9,13-14,18-19H,3-7,10H2,1-2H3. The van der Waals surface area contributed by atoms with E-state index in [1.54, 1.807) is 7.11 Å². The Labute approximate surface area is 135 Å². The van der Waals surface area contributed by atoms with Gasteiger partial charge in [0.15, 0.2) is 11.5 Å². The largest absolute Gasteiger partial charge is 0.493 e. The number of hydrogen-bond acceptors (Lipinski definition) is 4. The Kier molecular flexibility index (Phi) is 6.33. The van der Waals surface area contributed by atoms with E-state index >= 15 is 0 Å². The van der Waals surface area contributed by atoms with Gasteiger partial charge in [-0.05, 0) is 65.9 Å². The van der Waals surface area contributed by atoms with E-state index in [2.05, 4.69) is 28.2 Å². The number of aliphatic hydroxyl groups excluding tert-OH is 1. The second-order valence-corrected chi connectivity index (χ2v) is 6.29. The summed E-state index contributed by atoms with van der Waals surface area (Å²) < 4.78 is 12.3. The lowest BCUT2D eigenvalue weighted by molar-refractivity contribution is 0.0581. The highest BCUT2D eigenvalue weighted by Crippen LogP contribution is 2.39. The molecule has 0 aliphatic heterocycles. The highest BCUT2D eigenvalue weighted by atomic mass is 79.9. The minimum absolute atomic E-state index is 0.140. The van der Waals surface area contributed by atoms with E-state index in [-0.39, 0.29) is 12.2 Å². The molecule has 0 aromatic heterocycles. The zero-order valence-corrected chi connectivity index (χ0v) is 14.3. The van der Waals surface area contributed by atoms with Crippen molar-refractivity contribution in [1.82, 2.24) is 5.32 Å². The van der Waals surface area contributed by atoms with Gasteiger partial charge in [-0.25, -0.2) is 0 Å². The highest BCUT2D eigenvalue weighted by molar-refractivity contribution is 9.10. The van der Waals surface area contributed by atoms with Crippen LogP contribution in [0.3, 0.4) is 0 Å². The molecule has 0 radical (unpaired) electrons. The molecule has 1 aromatic carbocycles. The predicted molar refractivity (Wildman–Crippen MR) is 87.0 cm³/mol. The van der Waals surface area contributed by atoms with Gasteiger partial charge in [-0.1, -0.05) is 6.92 Å². The lowest BCUT2D eigenvalue weighted by Crippen LogP contribution is -2.26. The summed E-state index contributed by atoms with van der Waals surface area (Å²) in [6, 6.07) is 4.03. The molecule has 0 amide bonds. The minimum atomic E-state index is -0.382. The summed E-state index contributed by atoms with van der Waals surface area (Å²) in [6.07, 6.45) is 3.29. The van der Waals surface area contributed by atoms with Gasteiger partial charge in [0.25, 0.3) is 0 Å². The Bertz CT molecular complexity index is 467. The first-order valence-corrected chi connectivity index (χ1v) is 8.36. The molecular formula is C16H24BrNO3. The first-order chi connectivity index (χ1) is 10.2. The van der Waals surface area contributed by atoms with Crippen LogP contribution in [0.4, 0.5) is 0 Å². The highest BCUT2D eigenvalue weighted by Gasteiger charge is 2.28. The van der Waals surface area contributed by atoms with Crippen LogP contribution < -0.4 is 14.8 Å². The SMILES string of the molecule is CCCNCc1cc(Br)c(OC2CCCC2O)c(OC)c1. The van der Waals surface area contributed by atoms with E-state index in [0.717, 1.165) is 48.8 Å². The summed E-state index contributed by atoms with van der Waals surface area (Å²) in [5, 5.41) is 13.3. The van der Waals surface area contributed by atoms with Gasteiger partial charge in [0.1, 0.15) is 6.10 Å². The molecule has 0 bridgehead atoms. The monoisotopic (exact) mass is 357 g/mol. The van der Waals surface area contributed by atoms with Crippen LogP contribution in [0.2, 0.25) is 0 Å². The third-order valence-corrected chi connectivity index (χ3v) is 4.32. The molecule has 1 aliphatic rings. The van der Waals surface area contributed by atoms with Gasteiger partial charge in [0, 0.05) is 6.54 Å². The summed E-state index contributed by atoms with van der Waals surface area (Å²) in [4.78, 5) is 0. The van der Waals surface area contributed by atoms with Crippen LogP contribution in [0.25, 0.3) is 0 Å². The normalized spacial score (nSPS) is 21.5. The third kappa shape index (κ3) is 4.34. The molecule has 2 N–H and O–H groups in total. The van der Waals surface area contributed by atoms with Crippen molar-refractivity contribution in [1.29, 1.82) is 0 Å². The van der Waals surface area contributed by atoms with Crippen LogP contribution in [0.15, 0.2) is 16.6 Å². The Hall–Kier alpha value is -0.780. The van der Waals surface area contributed by atoms with Gasteiger partial charge in [0.05, 0.1) is 17.7 Å². The van der Waals surface area contributed by atoms with Crippen molar-refractivity contribution in [2.45, 2.75) is 51.4 Å². The number of hydrogen-bond donors (Lipinski definition) is 2. The van der Waals surface area contributed by atoms with Crippen molar-refractivity contribution in [2.75, 3.05) is 13.7 Å². The minimum Gasteiger partial charge on any atom is -0.493 e. The fourth-order valence-electron chi connectivity index (χ4n) is 2.59. The van der Waals surface area contributed by atoms with Gasteiger partial charge in [-0.3, -0.25) is 0 Å². The number of aliphatic hydroxyl groups is 1. The van der Waals surface area contributed by atoms with E-state index in [0.29, 0.717) is 11.5 Å². The van der Waals surface area contributed by atoms with E-state index in [9.17, 15) is 5.11 Å². The van der Waals surface area contributed by atoms with E-state index in [1.807, 2.05) is 12.1 Å². The van der Waals surface area contributed by atoms with Crippen molar-refractivity contribution in [2.24, 2.45) is 0 Å². The molecule has 21 heavy (non-hydrogen) atoms. The summed E-state index contributed by atoms with van der Waals surface area (Å²) in [7, 11) is 1.64. The maximum atomic E-state index is 9.91. The zero-order chi connectivity index (χ0) is 15.2. The van der Waals surface area contributed by atoms with Gasteiger partial charge < -0.3 is 19.9 Å². The van der Waals surface area contributed by atoms with Crippen LogP contribution in [0.5, 0.6) is 11.5 Å². The molecule has 2 atom stereocenters. The number of ether oxygens (including phenoxy) is 2. The molecule has 1 aromatic rings. The first-order valence-electron chi connectivity index (χ1n) is 7.57. The molecule has 1 saturated carbocycles. The van der Waals surface area contributed by atoms with Crippen LogP contribution in [-0.4, -0.2) is 31.0 Å². The molecular weight excluding hydrogens is 334 g/mol. The lowest BCUT2D eigenvalue weighted by atomic mass is 10.2. The van der Waals surface area contributed by atoms with Gasteiger partial charge in [-0.2, -0.15) is 0 Å². The van der Waals surface area contributed by atoms with Crippen molar-refractivity contribution >= 4 is 15.9 Å². The van der Waals surface area contributed by atoms with Gasteiger partial charge in [0.2, 0.25) is 0 Å². The quantitative estimate of drug-likeness (QED) is 0.735. The fraction of sp³-hybridized carbons (Fsp3) is 0.625. The van der Waals surface area contributed by atoms with Crippen molar-refractivity contribution in [3.8, 4) is 11.5 Å². The van der Waals surface area contributed by atoms with Crippen molar-refractivity contribution < 1.29 is 14.6 Å². The smallest absolute Gasteiger partial charge is 0.175 e. The maximum absolute atomic E-state index is 9.91. The van der Waals surface area contributed by atoms with Crippen LogP contribution in [-0.2, 0) is 6.54 Å². The molecule has 5 heteroatoms. The summed E-state index contributed by atoms with van der Waals surface area (Å²) in [5.74, 6) is 1.39. The van der Waals surface area contributed by atoms with Crippen molar-refractivity contribution in [3.63, 3.8) is 0 Å². The molecule has 4 nitrogen and oxygen atoms in total. The number of benzene rings is 1. The molecule has 1 aliphatic carbocycles. The predicted octanol–water partition coefficient (Wildman–Crippen LogP) is 3.25. The number of nitrogens with one attached hydrogen (secondary N) is 1. The number of rotatable bonds is 7. The Morgan fingerprint density at radius 1 is 1.38 bits per heavy atom. The van der Waals surface area contributed by atoms with Gasteiger partial charge in [-0.15, -0.1) is 0 Å². The Morgan fingerprint density at radius 2 is 2.19 bits per heavy atom. The number of methoxy groups -OCH3 is 1. The molecule has 2 unspecified atom stereocenters. The maximum Gasteiger partial charge on any atom is 0.175 e. The summed E-state index contributed by atoms with van der Waals surface area (Å²) in [5.41, 5.74) is 1.14. The summed E-state index contributed by atoms with van der Waals surface area (Å²) in [6.45, 7) is 3.94. The average Bonchev–Trinajstić information content (AvgIpc) is 2.87. The molecule has 118 valence electrons. The van der Waals surface area contributed by atoms with Crippen LogP contribution in [0.1, 0.15) is 38.2 Å². The molecule has 2 rings (SSSR count). The molecule has 0 heterocycles. The van der Waals surface area contributed by atoms with Crippen LogP contribution >= 0.6 is 15.9 Å². The number of halogens is 1.